The molecule has 0 bridgehead atoms. The number of benzene rings is 2. The number of hydrogen-bond donors (Lipinski definition) is 0. The second-order valence-corrected chi connectivity index (χ2v) is 12.1. The van der Waals surface area contributed by atoms with Gasteiger partial charge in [-0.2, -0.15) is 26.3 Å². The zero-order chi connectivity index (χ0) is 32.9. The van der Waals surface area contributed by atoms with E-state index in [0.717, 1.165) is 4.90 Å². The summed E-state index contributed by atoms with van der Waals surface area (Å²) in [4.78, 5) is 31.7. The van der Waals surface area contributed by atoms with Crippen molar-refractivity contribution in [2.45, 2.75) is 70.4 Å². The Morgan fingerprint density at radius 1 is 0.909 bits per heavy atom. The van der Waals surface area contributed by atoms with Gasteiger partial charge in [0, 0.05) is 12.6 Å². The van der Waals surface area contributed by atoms with Gasteiger partial charge in [0.25, 0.3) is 0 Å². The van der Waals surface area contributed by atoms with Crippen LogP contribution in [-0.2, 0) is 27.4 Å². The summed E-state index contributed by atoms with van der Waals surface area (Å²) >= 11 is 0. The lowest BCUT2D eigenvalue weighted by Gasteiger charge is -2.32. The molecule has 0 saturated carbocycles. The maximum absolute atomic E-state index is 14.0. The van der Waals surface area contributed by atoms with Crippen LogP contribution in [0.4, 0.5) is 36.4 Å². The van der Waals surface area contributed by atoms with Gasteiger partial charge in [-0.25, -0.2) is 4.39 Å². The number of nitrogens with zero attached hydrogens (tertiary/aromatic N) is 3. The van der Waals surface area contributed by atoms with E-state index in [9.17, 15) is 40.3 Å². The molecule has 0 N–H and O–H groups in total. The number of hydrogen-bond acceptors (Lipinski definition) is 4. The van der Waals surface area contributed by atoms with Gasteiger partial charge in [0.1, 0.15) is 11.6 Å². The van der Waals surface area contributed by atoms with Gasteiger partial charge in [-0.1, -0.05) is 15.5 Å². The number of aromatic nitrogens is 1. The van der Waals surface area contributed by atoms with Crippen molar-refractivity contribution in [2.75, 3.05) is 11.9 Å². The van der Waals surface area contributed by atoms with E-state index in [1.807, 2.05) is 4.67 Å². The number of alkyl halides is 6. The van der Waals surface area contributed by atoms with E-state index in [1.54, 1.807) is 13.0 Å². The predicted molar refractivity (Wildman–Crippen MR) is 155 cm³/mol. The molecule has 13 heteroatoms. The Morgan fingerprint density at radius 2 is 1.48 bits per heavy atom. The monoisotopic (exact) mass is 641 g/mol. The lowest BCUT2D eigenvalue weighted by molar-refractivity contribution is -0.143. The van der Waals surface area contributed by atoms with Crippen molar-refractivity contribution in [3.63, 3.8) is 0 Å². The summed E-state index contributed by atoms with van der Waals surface area (Å²) in [6, 6.07) is 6.28. The summed E-state index contributed by atoms with van der Waals surface area (Å²) in [6.45, 7) is 5.66. The fourth-order valence-corrected chi connectivity index (χ4v) is 6.23. The smallest absolute Gasteiger partial charge is 0.313 e. The molecule has 4 rings (SSSR count). The quantitative estimate of drug-likeness (QED) is 0.202. The molecule has 0 radical (unpaired) electrons. The third-order valence-corrected chi connectivity index (χ3v) is 8.86. The Labute approximate surface area is 252 Å². The maximum Gasteiger partial charge on any atom is 0.416 e. The SMILES string of the molecule is CC(=O)[C@@H]1CCC(c2cc(-c3ccc(F)cc3C)c(N(C)C(=O)C(C)(C)c3cc(C(F)(F)F)cc(C(F)(F)F)c3)cn2)N1P. The summed E-state index contributed by atoms with van der Waals surface area (Å²) in [7, 11) is 3.90. The first-order valence-electron chi connectivity index (χ1n) is 13.6. The molecular weight excluding hydrogens is 610 g/mol. The number of carbonyl (C=O) groups excluding carboxylic acids is 2. The van der Waals surface area contributed by atoms with E-state index in [2.05, 4.69) is 14.4 Å². The average Bonchev–Trinajstić information content (AvgIpc) is 3.32. The van der Waals surface area contributed by atoms with Crippen molar-refractivity contribution >= 4 is 26.8 Å². The van der Waals surface area contributed by atoms with Crippen LogP contribution in [0.1, 0.15) is 67.6 Å². The summed E-state index contributed by atoms with van der Waals surface area (Å²) in [5, 5.41) is 0. The van der Waals surface area contributed by atoms with E-state index < -0.39 is 46.2 Å². The molecule has 3 atom stereocenters. The summed E-state index contributed by atoms with van der Waals surface area (Å²) in [6.07, 6.45) is -7.56. The van der Waals surface area contributed by atoms with Gasteiger partial charge < -0.3 is 4.90 Å². The Balaban J connectivity index is 1.83. The molecule has 5 nitrogen and oxygen atoms in total. The minimum atomic E-state index is -5.08. The highest BCUT2D eigenvalue weighted by Gasteiger charge is 2.42. The standard InChI is InChI=1S/C31H31F7N3O2P/c1-16-10-21(32)6-7-22(16)23-14-24(26-9-8-25(17(2)42)41(26)44)39-15-27(23)40(5)28(43)29(3,4)18-11-19(30(33,34)35)13-20(12-18)31(36,37)38/h6-7,10-15,25-26H,8-9,44H2,1-5H3/t25-,26?/m0/s1. The van der Waals surface area contributed by atoms with E-state index in [0.29, 0.717) is 47.4 Å². The molecule has 236 valence electrons. The van der Waals surface area contributed by atoms with Crippen molar-refractivity contribution in [1.82, 2.24) is 9.65 Å². The molecule has 44 heavy (non-hydrogen) atoms. The molecule has 2 aromatic carbocycles. The fraction of sp³-hybridized carbons (Fsp3) is 0.387. The lowest BCUT2D eigenvalue weighted by Crippen LogP contribution is -2.42. The summed E-state index contributed by atoms with van der Waals surface area (Å²) in [5.41, 5.74) is -3.08. The molecule has 1 saturated heterocycles. The van der Waals surface area contributed by atoms with Gasteiger partial charge in [0.05, 0.1) is 46.2 Å². The van der Waals surface area contributed by atoms with Gasteiger partial charge in [0.2, 0.25) is 5.91 Å². The van der Waals surface area contributed by atoms with Crippen molar-refractivity contribution in [2.24, 2.45) is 0 Å². The number of anilines is 1. The highest BCUT2D eigenvalue weighted by Crippen LogP contribution is 2.43. The normalized spacial score (nSPS) is 18.0. The number of likely N-dealkylation sites (N-methyl/N-ethyl adjacent to an activating group) is 1. The third-order valence-electron chi connectivity index (χ3n) is 8.14. The predicted octanol–water partition coefficient (Wildman–Crippen LogP) is 8.06. The lowest BCUT2D eigenvalue weighted by atomic mass is 9.81. The summed E-state index contributed by atoms with van der Waals surface area (Å²) in [5.74, 6) is -1.30. The van der Waals surface area contributed by atoms with Crippen molar-refractivity contribution in [1.29, 1.82) is 0 Å². The molecule has 1 aliphatic heterocycles. The molecular formula is C31H31F7N3O2P. The number of pyridine rings is 1. The molecule has 3 aromatic rings. The van der Waals surface area contributed by atoms with Crippen LogP contribution < -0.4 is 4.90 Å². The minimum absolute atomic E-state index is 0.00967. The minimum Gasteiger partial charge on any atom is -0.313 e. The van der Waals surface area contributed by atoms with Crippen molar-refractivity contribution in [3.8, 4) is 11.1 Å². The molecule has 2 unspecified atom stereocenters. The largest absolute Gasteiger partial charge is 0.416 e. The Bertz CT molecular complexity index is 1570. The number of carbonyl (C=O) groups is 2. The average molecular weight is 642 g/mol. The Kier molecular flexibility index (Phi) is 9.03. The topological polar surface area (TPSA) is 53.5 Å². The molecule has 1 aliphatic rings. The van der Waals surface area contributed by atoms with E-state index >= 15 is 0 Å². The van der Waals surface area contributed by atoms with Crippen LogP contribution in [0.2, 0.25) is 0 Å². The van der Waals surface area contributed by atoms with Gasteiger partial charge in [-0.15, -0.1) is 0 Å². The third kappa shape index (κ3) is 6.52. The van der Waals surface area contributed by atoms with E-state index in [1.165, 1.54) is 52.2 Å². The second kappa shape index (κ2) is 11.9. The number of ketones is 1. The molecule has 1 fully saturated rings. The van der Waals surface area contributed by atoms with Crippen LogP contribution in [0.15, 0.2) is 48.7 Å². The second-order valence-electron chi connectivity index (χ2n) is 11.5. The van der Waals surface area contributed by atoms with Crippen LogP contribution in [0.5, 0.6) is 0 Å². The highest BCUT2D eigenvalue weighted by atomic mass is 31.0. The molecule has 2 heterocycles. The first-order chi connectivity index (χ1) is 20.2. The van der Waals surface area contributed by atoms with E-state index in [4.69, 9.17) is 0 Å². The van der Waals surface area contributed by atoms with Crippen LogP contribution in [0.25, 0.3) is 11.1 Å². The van der Waals surface area contributed by atoms with Gasteiger partial charge in [-0.05, 0) is 93.6 Å². The molecule has 1 amide bonds. The first kappa shape index (κ1) is 33.5. The maximum atomic E-state index is 14.0. The Morgan fingerprint density at radius 3 is 1.98 bits per heavy atom. The Hall–Kier alpha value is -3.37. The van der Waals surface area contributed by atoms with Crippen LogP contribution in [0.3, 0.4) is 0 Å². The first-order valence-corrected chi connectivity index (χ1v) is 14.1. The van der Waals surface area contributed by atoms with Crippen LogP contribution >= 0.6 is 9.39 Å². The van der Waals surface area contributed by atoms with Gasteiger partial charge in [-0.3, -0.25) is 19.2 Å². The molecule has 1 aromatic heterocycles. The fourth-order valence-electron chi connectivity index (χ4n) is 5.57. The van der Waals surface area contributed by atoms with Crippen molar-refractivity contribution < 1.29 is 40.3 Å². The van der Waals surface area contributed by atoms with Crippen molar-refractivity contribution in [3.05, 3.63) is 82.4 Å². The van der Waals surface area contributed by atoms with Crippen LogP contribution in [0, 0.1) is 12.7 Å². The molecule has 0 spiro atoms. The number of Topliss-reactive ketones (excluding diaryl/α,β-unsaturated/α-hetero) is 1. The highest BCUT2D eigenvalue weighted by molar-refractivity contribution is 7.13. The zero-order valence-corrected chi connectivity index (χ0v) is 25.7. The molecule has 0 aliphatic carbocycles. The number of aryl methyl sites for hydroxylation is 1. The number of amides is 1. The van der Waals surface area contributed by atoms with Gasteiger partial charge >= 0.3 is 12.4 Å². The van der Waals surface area contributed by atoms with Crippen LogP contribution in [-0.4, -0.2) is 34.4 Å². The zero-order valence-electron chi connectivity index (χ0n) is 24.6. The number of halogens is 7. The van der Waals surface area contributed by atoms with E-state index in [-0.39, 0.29) is 29.6 Å². The summed E-state index contributed by atoms with van der Waals surface area (Å²) < 4.78 is 97.5. The van der Waals surface area contributed by atoms with Gasteiger partial charge in [0.15, 0.2) is 0 Å². The number of rotatable bonds is 6.